The van der Waals surface area contributed by atoms with E-state index in [4.69, 9.17) is 14.3 Å². The normalized spacial score (nSPS) is 16.0. The number of carbonyl (C=O) groups is 2. The van der Waals surface area contributed by atoms with E-state index >= 15 is 0 Å². The fraction of sp³-hybridized carbons (Fsp3) is 0.500. The highest BCUT2D eigenvalue weighted by molar-refractivity contribution is 5.91. The summed E-state index contributed by atoms with van der Waals surface area (Å²) in [5.41, 5.74) is -0.318. The molecule has 0 spiro atoms. The van der Waals surface area contributed by atoms with E-state index in [0.717, 1.165) is 26.2 Å². The van der Waals surface area contributed by atoms with Gasteiger partial charge in [0.2, 0.25) is 5.91 Å². The number of nitrogens with zero attached hydrogens (tertiary/aromatic N) is 4. The monoisotopic (exact) mass is 430 g/mol. The van der Waals surface area contributed by atoms with Crippen LogP contribution in [0.5, 0.6) is 5.75 Å². The summed E-state index contributed by atoms with van der Waals surface area (Å²) in [6.07, 6.45) is 4.86. The molecule has 0 bridgehead atoms. The van der Waals surface area contributed by atoms with Crippen molar-refractivity contribution in [2.75, 3.05) is 45.5 Å². The molecule has 1 aromatic heterocycles. The highest BCUT2D eigenvalue weighted by Gasteiger charge is 2.44. The molecule has 168 valence electrons. The SMILES string of the molecule is COC(=O)C1(CON(C(C)=O)c2ccccc2OC)CCN(CCn2cccn2)CC1. The van der Waals surface area contributed by atoms with Gasteiger partial charge >= 0.3 is 5.97 Å². The van der Waals surface area contributed by atoms with E-state index in [1.165, 1.54) is 26.2 Å². The largest absolute Gasteiger partial charge is 0.494 e. The van der Waals surface area contributed by atoms with Crippen LogP contribution in [-0.2, 0) is 25.7 Å². The number of hydrogen-bond donors (Lipinski definition) is 0. The first-order chi connectivity index (χ1) is 15.0. The number of rotatable bonds is 9. The van der Waals surface area contributed by atoms with Gasteiger partial charge in [-0.1, -0.05) is 12.1 Å². The lowest BCUT2D eigenvalue weighted by Crippen LogP contribution is -2.49. The molecule has 0 radical (unpaired) electrons. The fourth-order valence-electron chi connectivity index (χ4n) is 3.82. The lowest BCUT2D eigenvalue weighted by atomic mass is 9.79. The molecular weight excluding hydrogens is 400 g/mol. The zero-order valence-corrected chi connectivity index (χ0v) is 18.3. The van der Waals surface area contributed by atoms with Gasteiger partial charge in [0, 0.05) is 25.9 Å². The van der Waals surface area contributed by atoms with Crippen molar-refractivity contribution >= 4 is 17.6 Å². The average molecular weight is 431 g/mol. The Bertz CT molecular complexity index is 863. The first kappa shape index (κ1) is 22.8. The predicted octanol–water partition coefficient (Wildman–Crippen LogP) is 2.13. The summed E-state index contributed by atoms with van der Waals surface area (Å²) < 4.78 is 12.4. The summed E-state index contributed by atoms with van der Waals surface area (Å²) in [5.74, 6) is -0.109. The van der Waals surface area contributed by atoms with Crippen molar-refractivity contribution in [3.8, 4) is 5.75 Å². The molecule has 1 aliphatic rings. The van der Waals surface area contributed by atoms with Crippen LogP contribution in [0.3, 0.4) is 0 Å². The molecule has 2 heterocycles. The van der Waals surface area contributed by atoms with Crippen molar-refractivity contribution in [2.24, 2.45) is 5.41 Å². The van der Waals surface area contributed by atoms with Gasteiger partial charge in [0.25, 0.3) is 0 Å². The first-order valence-electron chi connectivity index (χ1n) is 10.3. The molecule has 1 amide bonds. The number of piperidine rings is 1. The Hall–Kier alpha value is -2.91. The summed E-state index contributed by atoms with van der Waals surface area (Å²) in [7, 11) is 2.92. The Kier molecular flexibility index (Phi) is 7.64. The van der Waals surface area contributed by atoms with E-state index in [1.54, 1.807) is 24.4 Å². The molecule has 2 aromatic rings. The number of methoxy groups -OCH3 is 2. The van der Waals surface area contributed by atoms with E-state index in [1.807, 2.05) is 23.0 Å². The molecule has 1 aromatic carbocycles. The van der Waals surface area contributed by atoms with Crippen LogP contribution in [0.2, 0.25) is 0 Å². The molecule has 1 saturated heterocycles. The third-order valence-corrected chi connectivity index (χ3v) is 5.70. The number of hydrogen-bond acceptors (Lipinski definition) is 7. The van der Waals surface area contributed by atoms with Gasteiger partial charge in [-0.2, -0.15) is 10.2 Å². The summed E-state index contributed by atoms with van der Waals surface area (Å²) in [4.78, 5) is 33.2. The van der Waals surface area contributed by atoms with Gasteiger partial charge in [-0.3, -0.25) is 19.1 Å². The van der Waals surface area contributed by atoms with Crippen LogP contribution in [-0.4, -0.2) is 67.0 Å². The Labute approximate surface area is 182 Å². The molecule has 3 rings (SSSR count). The van der Waals surface area contributed by atoms with Gasteiger partial charge in [0.05, 0.1) is 32.8 Å². The minimum absolute atomic E-state index is 0.0459. The van der Waals surface area contributed by atoms with Crippen LogP contribution in [0.25, 0.3) is 0 Å². The van der Waals surface area contributed by atoms with Crippen molar-refractivity contribution in [2.45, 2.75) is 26.3 Å². The lowest BCUT2D eigenvalue weighted by Gasteiger charge is -2.40. The fourth-order valence-corrected chi connectivity index (χ4v) is 3.82. The van der Waals surface area contributed by atoms with Crippen LogP contribution >= 0.6 is 0 Å². The molecule has 1 aliphatic heterocycles. The van der Waals surface area contributed by atoms with Crippen molar-refractivity contribution in [1.82, 2.24) is 14.7 Å². The zero-order chi connectivity index (χ0) is 22.3. The minimum atomic E-state index is -0.813. The summed E-state index contributed by atoms with van der Waals surface area (Å²) in [6, 6.07) is 9.00. The van der Waals surface area contributed by atoms with Crippen LogP contribution in [0.4, 0.5) is 5.69 Å². The van der Waals surface area contributed by atoms with Gasteiger partial charge in [-0.15, -0.1) is 0 Å². The molecule has 9 heteroatoms. The summed E-state index contributed by atoms with van der Waals surface area (Å²) in [6.45, 7) is 4.56. The van der Waals surface area contributed by atoms with Crippen LogP contribution in [0, 0.1) is 5.41 Å². The zero-order valence-electron chi connectivity index (χ0n) is 18.3. The number of para-hydroxylation sites is 2. The third kappa shape index (κ3) is 5.42. The second-order valence-corrected chi connectivity index (χ2v) is 7.64. The molecule has 0 aliphatic carbocycles. The molecule has 0 atom stereocenters. The van der Waals surface area contributed by atoms with Crippen molar-refractivity contribution in [3.63, 3.8) is 0 Å². The smallest absolute Gasteiger partial charge is 0.314 e. The Morgan fingerprint density at radius 3 is 2.48 bits per heavy atom. The number of carbonyl (C=O) groups excluding carboxylic acids is 2. The first-order valence-corrected chi connectivity index (χ1v) is 10.3. The molecule has 1 fully saturated rings. The Morgan fingerprint density at radius 1 is 1.13 bits per heavy atom. The summed E-state index contributed by atoms with van der Waals surface area (Å²) in [5, 5.41) is 5.42. The molecule has 31 heavy (non-hydrogen) atoms. The van der Waals surface area contributed by atoms with E-state index in [0.29, 0.717) is 24.3 Å². The number of esters is 1. The number of ether oxygens (including phenoxy) is 2. The average Bonchev–Trinajstić information content (AvgIpc) is 3.32. The minimum Gasteiger partial charge on any atom is -0.494 e. The standard InChI is InChI=1S/C22H30N4O5/c1-18(27)26(19-7-4-5-8-20(19)29-2)31-17-22(21(28)30-3)9-13-24(14-10-22)15-16-25-12-6-11-23-25/h4-8,11-12H,9-10,13-17H2,1-3H3. The van der Waals surface area contributed by atoms with Gasteiger partial charge in [0.15, 0.2) is 0 Å². The molecule has 0 unspecified atom stereocenters. The predicted molar refractivity (Wildman–Crippen MR) is 114 cm³/mol. The van der Waals surface area contributed by atoms with E-state index in [-0.39, 0.29) is 18.5 Å². The molecule has 9 nitrogen and oxygen atoms in total. The van der Waals surface area contributed by atoms with Crippen molar-refractivity contribution in [3.05, 3.63) is 42.7 Å². The number of amides is 1. The lowest BCUT2D eigenvalue weighted by molar-refractivity contribution is -0.162. The second kappa shape index (κ2) is 10.4. The number of aromatic nitrogens is 2. The van der Waals surface area contributed by atoms with Crippen molar-refractivity contribution < 1.29 is 23.9 Å². The highest BCUT2D eigenvalue weighted by atomic mass is 16.7. The van der Waals surface area contributed by atoms with Gasteiger partial charge in [0.1, 0.15) is 11.4 Å². The Balaban J connectivity index is 1.66. The third-order valence-electron chi connectivity index (χ3n) is 5.70. The topological polar surface area (TPSA) is 86.1 Å². The molecule has 0 saturated carbocycles. The molecule has 0 N–H and O–H groups in total. The van der Waals surface area contributed by atoms with Gasteiger partial charge in [-0.25, -0.2) is 0 Å². The van der Waals surface area contributed by atoms with Crippen LogP contribution in [0.15, 0.2) is 42.7 Å². The maximum absolute atomic E-state index is 12.7. The van der Waals surface area contributed by atoms with Crippen LogP contribution < -0.4 is 9.80 Å². The van der Waals surface area contributed by atoms with Gasteiger partial charge in [-0.05, 0) is 44.1 Å². The van der Waals surface area contributed by atoms with Crippen molar-refractivity contribution in [1.29, 1.82) is 0 Å². The summed E-state index contributed by atoms with van der Waals surface area (Å²) >= 11 is 0. The van der Waals surface area contributed by atoms with Gasteiger partial charge < -0.3 is 14.4 Å². The number of benzene rings is 1. The number of hydroxylamine groups is 1. The van der Waals surface area contributed by atoms with E-state index in [2.05, 4.69) is 10.00 Å². The maximum atomic E-state index is 12.7. The quantitative estimate of drug-likeness (QED) is 0.445. The number of anilines is 1. The van der Waals surface area contributed by atoms with E-state index < -0.39 is 5.41 Å². The highest BCUT2D eigenvalue weighted by Crippen LogP contribution is 2.35. The number of likely N-dealkylation sites (tertiary alicyclic amines) is 1. The van der Waals surface area contributed by atoms with E-state index in [9.17, 15) is 9.59 Å². The maximum Gasteiger partial charge on any atom is 0.314 e. The molecular formula is C22H30N4O5. The second-order valence-electron chi connectivity index (χ2n) is 7.64. The Morgan fingerprint density at radius 2 is 1.87 bits per heavy atom. The van der Waals surface area contributed by atoms with Crippen LogP contribution in [0.1, 0.15) is 19.8 Å².